The molecule has 3 aromatic rings. The van der Waals surface area contributed by atoms with Crippen molar-refractivity contribution < 1.29 is 31.3 Å². The maximum absolute atomic E-state index is 13.8. The number of benzene rings is 2. The van der Waals surface area contributed by atoms with Gasteiger partial charge in [-0.05, 0) is 73.3 Å². The van der Waals surface area contributed by atoms with E-state index in [0.717, 1.165) is 11.1 Å². The molecule has 2 aliphatic carbocycles. The Balaban J connectivity index is 1.26. The molecule has 5 rings (SSSR count). The first-order valence-corrected chi connectivity index (χ1v) is 13.9. The molecule has 0 saturated heterocycles. The van der Waals surface area contributed by atoms with Crippen LogP contribution in [-0.2, 0) is 17.4 Å². The van der Waals surface area contributed by atoms with Crippen LogP contribution in [0.4, 0.5) is 27.6 Å². The zero-order valence-electron chi connectivity index (χ0n) is 22.1. The Labute approximate surface area is 229 Å². The minimum Gasteiger partial charge on any atom is -0.329 e. The van der Waals surface area contributed by atoms with Crippen molar-refractivity contribution in [2.75, 3.05) is 11.4 Å². The maximum atomic E-state index is 13.8. The van der Waals surface area contributed by atoms with Gasteiger partial charge in [0, 0.05) is 37.4 Å². The number of rotatable bonds is 10. The molecule has 2 fully saturated rings. The van der Waals surface area contributed by atoms with Gasteiger partial charge in [-0.25, -0.2) is 8.78 Å². The lowest BCUT2D eigenvalue weighted by Gasteiger charge is -2.32. The van der Waals surface area contributed by atoms with Crippen LogP contribution in [0.2, 0.25) is 0 Å². The standard InChI is InChI=1S/C30H32F5N3O2/c31-29(32)16-14-23(15-17-29)27(39)38(18-3-1-2-7-26-36-28(40-37-26)30(33,34)35)25-6-4-5-24(19-25)22-12-10-21(11-13-22)20-8-9-20/h4-6,10-13,19-20,23H,1-3,7-9,14-18H2. The fourth-order valence-corrected chi connectivity index (χ4v) is 5.29. The summed E-state index contributed by atoms with van der Waals surface area (Å²) >= 11 is 0. The normalized spacial score (nSPS) is 17.6. The molecular weight excluding hydrogens is 529 g/mol. The van der Waals surface area contributed by atoms with Gasteiger partial charge in [0.25, 0.3) is 0 Å². The lowest BCUT2D eigenvalue weighted by molar-refractivity contribution is -0.159. The molecule has 0 radical (unpaired) electrons. The summed E-state index contributed by atoms with van der Waals surface area (Å²) in [4.78, 5) is 18.7. The fourth-order valence-electron chi connectivity index (χ4n) is 5.29. The smallest absolute Gasteiger partial charge is 0.329 e. The molecule has 2 aliphatic rings. The number of alkyl halides is 5. The van der Waals surface area contributed by atoms with E-state index in [1.165, 1.54) is 18.4 Å². The molecule has 0 bridgehead atoms. The predicted octanol–water partition coefficient (Wildman–Crippen LogP) is 8.20. The van der Waals surface area contributed by atoms with Gasteiger partial charge >= 0.3 is 12.1 Å². The SMILES string of the molecule is O=C(C1CCC(F)(F)CC1)N(CCCCCc1noc(C(F)(F)F)n1)c1cccc(-c2ccc(C3CC3)cc2)c1. The number of amides is 1. The van der Waals surface area contributed by atoms with Gasteiger partial charge in [0.2, 0.25) is 11.8 Å². The van der Waals surface area contributed by atoms with Crippen LogP contribution in [-0.4, -0.2) is 28.5 Å². The minimum absolute atomic E-state index is 0.0104. The monoisotopic (exact) mass is 561 g/mol. The summed E-state index contributed by atoms with van der Waals surface area (Å²) in [5, 5.41) is 3.39. The molecule has 1 amide bonds. The van der Waals surface area contributed by atoms with E-state index in [-0.39, 0.29) is 43.8 Å². The van der Waals surface area contributed by atoms with Gasteiger partial charge in [-0.2, -0.15) is 18.2 Å². The Morgan fingerprint density at radius 3 is 2.33 bits per heavy atom. The predicted molar refractivity (Wildman–Crippen MR) is 140 cm³/mol. The van der Waals surface area contributed by atoms with E-state index in [2.05, 4.69) is 38.9 Å². The topological polar surface area (TPSA) is 59.2 Å². The number of hydrogen-bond acceptors (Lipinski definition) is 4. The van der Waals surface area contributed by atoms with E-state index in [9.17, 15) is 26.7 Å². The van der Waals surface area contributed by atoms with Gasteiger partial charge in [0.05, 0.1) is 0 Å². The van der Waals surface area contributed by atoms with Gasteiger partial charge in [0.1, 0.15) is 0 Å². The van der Waals surface area contributed by atoms with Gasteiger partial charge in [-0.1, -0.05) is 48.0 Å². The van der Waals surface area contributed by atoms with Crippen molar-refractivity contribution in [3.63, 3.8) is 0 Å². The van der Waals surface area contributed by atoms with Gasteiger partial charge in [-0.15, -0.1) is 0 Å². The molecule has 40 heavy (non-hydrogen) atoms. The number of hydrogen-bond donors (Lipinski definition) is 0. The van der Waals surface area contributed by atoms with Crippen molar-refractivity contribution >= 4 is 11.6 Å². The molecule has 0 spiro atoms. The van der Waals surface area contributed by atoms with Crippen molar-refractivity contribution in [1.82, 2.24) is 10.1 Å². The highest BCUT2D eigenvalue weighted by molar-refractivity contribution is 5.95. The lowest BCUT2D eigenvalue weighted by Crippen LogP contribution is -2.40. The van der Waals surface area contributed by atoms with Crippen molar-refractivity contribution in [3.8, 4) is 11.1 Å². The molecule has 0 atom stereocenters. The number of nitrogens with zero attached hydrogens (tertiary/aromatic N) is 3. The molecule has 0 aliphatic heterocycles. The molecule has 0 unspecified atom stereocenters. The highest BCUT2D eigenvalue weighted by Gasteiger charge is 2.39. The second kappa shape index (κ2) is 11.7. The van der Waals surface area contributed by atoms with E-state index < -0.39 is 23.9 Å². The molecular formula is C30H32F5N3O2. The molecule has 0 N–H and O–H groups in total. The number of carbonyl (C=O) groups excluding carboxylic acids is 1. The second-order valence-corrected chi connectivity index (χ2v) is 10.9. The third-order valence-corrected chi connectivity index (χ3v) is 7.78. The highest BCUT2D eigenvalue weighted by Crippen LogP contribution is 2.41. The average molecular weight is 562 g/mol. The van der Waals surface area contributed by atoms with Gasteiger partial charge < -0.3 is 9.42 Å². The first-order chi connectivity index (χ1) is 19.1. The van der Waals surface area contributed by atoms with Crippen LogP contribution in [0, 0.1) is 5.92 Å². The van der Waals surface area contributed by atoms with Crippen molar-refractivity contribution in [2.45, 2.75) is 82.2 Å². The van der Waals surface area contributed by atoms with Crippen molar-refractivity contribution in [2.24, 2.45) is 5.92 Å². The summed E-state index contributed by atoms with van der Waals surface area (Å²) in [5.74, 6) is -4.08. The molecule has 2 saturated carbocycles. The Hall–Kier alpha value is -3.30. The molecule has 1 heterocycles. The van der Waals surface area contributed by atoms with Crippen molar-refractivity contribution in [1.29, 1.82) is 0 Å². The Morgan fingerprint density at radius 2 is 1.68 bits per heavy atom. The van der Waals surface area contributed by atoms with Crippen LogP contribution in [0.1, 0.15) is 81.0 Å². The van der Waals surface area contributed by atoms with Crippen LogP contribution in [0.5, 0.6) is 0 Å². The summed E-state index contributed by atoms with van der Waals surface area (Å²) in [5.41, 5.74) is 4.04. The van der Waals surface area contributed by atoms with Crippen LogP contribution in [0.3, 0.4) is 0 Å². The second-order valence-electron chi connectivity index (χ2n) is 10.9. The fraction of sp³-hybridized carbons (Fsp3) is 0.500. The molecule has 214 valence electrons. The number of aryl methyl sites for hydroxylation is 1. The van der Waals surface area contributed by atoms with Gasteiger partial charge in [0.15, 0.2) is 5.82 Å². The van der Waals surface area contributed by atoms with Crippen LogP contribution < -0.4 is 4.90 Å². The lowest BCUT2D eigenvalue weighted by atomic mass is 9.85. The van der Waals surface area contributed by atoms with E-state index in [1.54, 1.807) is 4.90 Å². The summed E-state index contributed by atoms with van der Waals surface area (Å²) in [6.07, 6.45) is -0.601. The zero-order chi connectivity index (χ0) is 28.3. The van der Waals surface area contributed by atoms with E-state index in [0.29, 0.717) is 37.4 Å². The number of unbranched alkanes of at least 4 members (excludes halogenated alkanes) is 2. The Kier molecular flexibility index (Phi) is 8.24. The Morgan fingerprint density at radius 1 is 0.950 bits per heavy atom. The van der Waals surface area contributed by atoms with Crippen molar-refractivity contribution in [3.05, 3.63) is 65.8 Å². The molecule has 1 aromatic heterocycles. The van der Waals surface area contributed by atoms with E-state index in [1.807, 2.05) is 24.3 Å². The molecule has 10 heteroatoms. The zero-order valence-corrected chi connectivity index (χ0v) is 22.1. The first kappa shape index (κ1) is 28.2. The summed E-state index contributed by atoms with van der Waals surface area (Å²) in [7, 11) is 0. The Bertz CT molecular complexity index is 1290. The number of carbonyl (C=O) groups is 1. The average Bonchev–Trinajstić information content (AvgIpc) is 3.67. The largest absolute Gasteiger partial charge is 0.471 e. The van der Waals surface area contributed by atoms with Crippen LogP contribution in [0.15, 0.2) is 53.1 Å². The van der Waals surface area contributed by atoms with Crippen LogP contribution in [0.25, 0.3) is 11.1 Å². The summed E-state index contributed by atoms with van der Waals surface area (Å²) < 4.78 is 69.9. The van der Waals surface area contributed by atoms with Gasteiger partial charge in [-0.3, -0.25) is 4.79 Å². The summed E-state index contributed by atoms with van der Waals surface area (Å²) in [6.45, 7) is 0.371. The minimum atomic E-state index is -4.68. The molecule has 5 nitrogen and oxygen atoms in total. The molecule has 2 aromatic carbocycles. The third kappa shape index (κ3) is 7.06. The van der Waals surface area contributed by atoms with Crippen LogP contribution >= 0.6 is 0 Å². The number of anilines is 1. The summed E-state index contributed by atoms with van der Waals surface area (Å²) in [6, 6.07) is 16.2. The number of aromatic nitrogens is 2. The quantitative estimate of drug-likeness (QED) is 0.185. The van der Waals surface area contributed by atoms with E-state index >= 15 is 0 Å². The maximum Gasteiger partial charge on any atom is 0.471 e. The number of halogens is 5. The third-order valence-electron chi connectivity index (χ3n) is 7.78. The first-order valence-electron chi connectivity index (χ1n) is 13.9. The highest BCUT2D eigenvalue weighted by atomic mass is 19.4. The van der Waals surface area contributed by atoms with E-state index in [4.69, 9.17) is 0 Å².